The maximum absolute atomic E-state index is 13.3. The van der Waals surface area contributed by atoms with Crippen molar-refractivity contribution in [2.75, 3.05) is 18.4 Å². The number of non-ortho nitro benzene ring substituents is 1. The van der Waals surface area contributed by atoms with E-state index in [0.717, 1.165) is 42.8 Å². The smallest absolute Gasteiger partial charge is 0.363 e. The quantitative estimate of drug-likeness (QED) is 0.417. The molecule has 3 heterocycles. The van der Waals surface area contributed by atoms with E-state index in [-0.39, 0.29) is 5.56 Å². The molecule has 0 spiro atoms. The normalized spacial score (nSPS) is 15.2. The van der Waals surface area contributed by atoms with Crippen molar-refractivity contribution in [2.45, 2.75) is 32.5 Å². The van der Waals surface area contributed by atoms with Gasteiger partial charge in [-0.15, -0.1) is 0 Å². The van der Waals surface area contributed by atoms with E-state index in [9.17, 15) is 23.3 Å². The van der Waals surface area contributed by atoms with E-state index in [1.807, 2.05) is 6.07 Å². The molecular formula is C22H21F3N6O2. The zero-order valence-corrected chi connectivity index (χ0v) is 17.9. The Hall–Kier alpha value is -3.60. The third-order valence-corrected chi connectivity index (χ3v) is 5.43. The standard InChI is InChI=1S/C22H21F3N6O2/c1-12(15-7-17(22(23,24)25)10-18(8-15)31(32)33)28-21-19-9-16(14-3-5-26-6-4-14)11-27-20(19)29-13(2)30-21/h3,7-12,26H,4-6H2,1-2H3,(H,27,28,29,30)/t12-/m1/s1. The fraction of sp³-hybridized carbons (Fsp3) is 0.318. The molecule has 0 amide bonds. The van der Waals surface area contributed by atoms with Gasteiger partial charge >= 0.3 is 6.18 Å². The number of rotatable bonds is 5. The van der Waals surface area contributed by atoms with Crippen LogP contribution in [-0.4, -0.2) is 33.0 Å². The molecule has 1 aliphatic heterocycles. The molecule has 0 unspecified atom stereocenters. The summed E-state index contributed by atoms with van der Waals surface area (Å²) in [6.45, 7) is 4.92. The summed E-state index contributed by atoms with van der Waals surface area (Å²) in [7, 11) is 0. The van der Waals surface area contributed by atoms with Crippen molar-refractivity contribution in [3.8, 4) is 0 Å². The summed E-state index contributed by atoms with van der Waals surface area (Å²) in [6.07, 6.45) is -0.0404. The highest BCUT2D eigenvalue weighted by Gasteiger charge is 2.33. The minimum atomic E-state index is -4.71. The maximum atomic E-state index is 13.3. The van der Waals surface area contributed by atoms with E-state index in [2.05, 4.69) is 31.7 Å². The number of anilines is 1. The number of aryl methyl sites for hydroxylation is 1. The lowest BCUT2D eigenvalue weighted by Crippen LogP contribution is -2.20. The largest absolute Gasteiger partial charge is 0.416 e. The van der Waals surface area contributed by atoms with E-state index in [1.165, 1.54) is 0 Å². The van der Waals surface area contributed by atoms with Crippen LogP contribution in [0.4, 0.5) is 24.7 Å². The van der Waals surface area contributed by atoms with E-state index in [1.54, 1.807) is 20.0 Å². The Morgan fingerprint density at radius 2 is 2.00 bits per heavy atom. The highest BCUT2D eigenvalue weighted by molar-refractivity contribution is 5.89. The summed E-state index contributed by atoms with van der Waals surface area (Å²) in [5.41, 5.74) is 0.916. The summed E-state index contributed by atoms with van der Waals surface area (Å²) in [5.74, 6) is 0.836. The summed E-state index contributed by atoms with van der Waals surface area (Å²) >= 11 is 0. The minimum Gasteiger partial charge on any atom is -0.363 e. The molecule has 0 fully saturated rings. The molecule has 11 heteroatoms. The van der Waals surface area contributed by atoms with Crippen molar-refractivity contribution < 1.29 is 18.1 Å². The molecule has 2 aromatic heterocycles. The molecule has 1 aliphatic rings. The van der Waals surface area contributed by atoms with Gasteiger partial charge in [0.05, 0.1) is 21.9 Å². The number of nitrogens with one attached hydrogen (secondary N) is 2. The summed E-state index contributed by atoms with van der Waals surface area (Å²) in [4.78, 5) is 23.6. The van der Waals surface area contributed by atoms with Crippen molar-refractivity contribution in [1.29, 1.82) is 0 Å². The molecule has 0 aliphatic carbocycles. The molecule has 3 aromatic rings. The molecule has 172 valence electrons. The van der Waals surface area contributed by atoms with Crippen LogP contribution >= 0.6 is 0 Å². The van der Waals surface area contributed by atoms with E-state index >= 15 is 0 Å². The van der Waals surface area contributed by atoms with E-state index in [4.69, 9.17) is 0 Å². The van der Waals surface area contributed by atoms with Crippen LogP contribution in [0.1, 0.15) is 41.9 Å². The molecule has 2 N–H and O–H groups in total. The third-order valence-electron chi connectivity index (χ3n) is 5.43. The average Bonchev–Trinajstić information content (AvgIpc) is 2.78. The van der Waals surface area contributed by atoms with Gasteiger partial charge in [0.25, 0.3) is 5.69 Å². The lowest BCUT2D eigenvalue weighted by atomic mass is 10.0. The van der Waals surface area contributed by atoms with Crippen molar-refractivity contribution in [3.63, 3.8) is 0 Å². The van der Waals surface area contributed by atoms with Gasteiger partial charge < -0.3 is 10.6 Å². The monoisotopic (exact) mass is 458 g/mol. The van der Waals surface area contributed by atoms with E-state index in [0.29, 0.717) is 28.7 Å². The SMILES string of the molecule is Cc1nc(N[C@H](C)c2cc([N+](=O)[O-])cc(C(F)(F)F)c2)c2cc(C3=CCNCC3)cnc2n1. The molecule has 1 atom stereocenters. The van der Waals surface area contributed by atoms with Crippen LogP contribution in [0.2, 0.25) is 0 Å². The number of benzene rings is 1. The lowest BCUT2D eigenvalue weighted by Gasteiger charge is -2.19. The first-order chi connectivity index (χ1) is 15.6. The van der Waals surface area contributed by atoms with Gasteiger partial charge in [-0.3, -0.25) is 10.1 Å². The number of nitro groups is 1. The molecule has 0 saturated heterocycles. The number of pyridine rings is 1. The van der Waals surface area contributed by atoms with Crippen LogP contribution in [0.15, 0.2) is 36.5 Å². The van der Waals surface area contributed by atoms with Gasteiger partial charge in [0.1, 0.15) is 11.6 Å². The number of hydrogen-bond donors (Lipinski definition) is 2. The first kappa shape index (κ1) is 22.6. The van der Waals surface area contributed by atoms with Crippen molar-refractivity contribution in [2.24, 2.45) is 0 Å². The van der Waals surface area contributed by atoms with Crippen LogP contribution in [0.5, 0.6) is 0 Å². The molecule has 8 nitrogen and oxygen atoms in total. The molecule has 1 aromatic carbocycles. The highest BCUT2D eigenvalue weighted by Crippen LogP contribution is 2.35. The van der Waals surface area contributed by atoms with Crippen LogP contribution < -0.4 is 10.6 Å². The predicted octanol–water partition coefficient (Wildman–Crippen LogP) is 4.81. The second-order valence-corrected chi connectivity index (χ2v) is 7.83. The lowest BCUT2D eigenvalue weighted by molar-refractivity contribution is -0.385. The number of halogens is 3. The number of nitro benzene ring substituents is 1. The Morgan fingerprint density at radius 1 is 1.21 bits per heavy atom. The zero-order chi connectivity index (χ0) is 23.8. The third kappa shape index (κ3) is 4.92. The van der Waals surface area contributed by atoms with Gasteiger partial charge in [0.2, 0.25) is 0 Å². The fourth-order valence-corrected chi connectivity index (χ4v) is 3.73. The Labute approximate surface area is 187 Å². The number of alkyl halides is 3. The average molecular weight is 458 g/mol. The van der Waals surface area contributed by atoms with Gasteiger partial charge in [0, 0.05) is 24.9 Å². The van der Waals surface area contributed by atoms with E-state index < -0.39 is 28.4 Å². The van der Waals surface area contributed by atoms with Gasteiger partial charge in [-0.05, 0) is 55.6 Å². The Kier molecular flexibility index (Phi) is 5.98. The molecule has 0 bridgehead atoms. The summed E-state index contributed by atoms with van der Waals surface area (Å²) in [5, 5.41) is 18.2. The van der Waals surface area contributed by atoms with Gasteiger partial charge in [-0.1, -0.05) is 6.08 Å². The maximum Gasteiger partial charge on any atom is 0.416 e. The van der Waals surface area contributed by atoms with Gasteiger partial charge in [-0.25, -0.2) is 15.0 Å². The van der Waals surface area contributed by atoms with Crippen molar-refractivity contribution >= 4 is 28.1 Å². The second-order valence-electron chi connectivity index (χ2n) is 7.83. The zero-order valence-electron chi connectivity index (χ0n) is 17.9. The number of nitrogens with zero attached hydrogens (tertiary/aromatic N) is 4. The Bertz CT molecular complexity index is 1260. The number of fused-ring (bicyclic) bond motifs is 1. The molecular weight excluding hydrogens is 437 g/mol. The topological polar surface area (TPSA) is 106 Å². The predicted molar refractivity (Wildman–Crippen MR) is 118 cm³/mol. The van der Waals surface area contributed by atoms with Crippen LogP contribution in [0, 0.1) is 17.0 Å². The molecule has 4 rings (SSSR count). The fourth-order valence-electron chi connectivity index (χ4n) is 3.73. The minimum absolute atomic E-state index is 0.117. The molecule has 33 heavy (non-hydrogen) atoms. The van der Waals surface area contributed by atoms with Crippen molar-refractivity contribution in [3.05, 3.63) is 69.2 Å². The first-order valence-electron chi connectivity index (χ1n) is 10.3. The van der Waals surface area contributed by atoms with Crippen LogP contribution in [-0.2, 0) is 6.18 Å². The number of hydrogen-bond acceptors (Lipinski definition) is 7. The van der Waals surface area contributed by atoms with Gasteiger partial charge in [0.15, 0.2) is 5.65 Å². The van der Waals surface area contributed by atoms with Crippen molar-refractivity contribution in [1.82, 2.24) is 20.3 Å². The van der Waals surface area contributed by atoms with Crippen LogP contribution in [0.3, 0.4) is 0 Å². The second kappa shape index (κ2) is 8.74. The molecule has 0 radical (unpaired) electrons. The summed E-state index contributed by atoms with van der Waals surface area (Å²) in [6, 6.07) is 3.77. The van der Waals surface area contributed by atoms with Crippen LogP contribution in [0.25, 0.3) is 16.6 Å². The summed E-state index contributed by atoms with van der Waals surface area (Å²) < 4.78 is 39.9. The highest BCUT2D eigenvalue weighted by atomic mass is 19.4. The first-order valence-corrected chi connectivity index (χ1v) is 10.3. The molecule has 0 saturated carbocycles. The number of aromatic nitrogens is 3. The Morgan fingerprint density at radius 3 is 2.67 bits per heavy atom. The Balaban J connectivity index is 1.74. The van der Waals surface area contributed by atoms with Gasteiger partial charge in [-0.2, -0.15) is 13.2 Å².